The summed E-state index contributed by atoms with van der Waals surface area (Å²) >= 11 is 1.55. The maximum atomic E-state index is 13.0. The number of benzene rings is 2. The first kappa shape index (κ1) is 18.7. The van der Waals surface area contributed by atoms with Gasteiger partial charge in [-0.25, -0.2) is 4.39 Å². The van der Waals surface area contributed by atoms with E-state index in [2.05, 4.69) is 22.8 Å². The van der Waals surface area contributed by atoms with Gasteiger partial charge in [-0.2, -0.15) is 5.26 Å². The van der Waals surface area contributed by atoms with Crippen molar-refractivity contribution in [2.24, 2.45) is 0 Å². The van der Waals surface area contributed by atoms with E-state index in [1.165, 1.54) is 12.1 Å². The number of rotatable bonds is 8. The molecule has 0 spiro atoms. The van der Waals surface area contributed by atoms with Gasteiger partial charge < -0.3 is 4.74 Å². The molecule has 0 fully saturated rings. The second kappa shape index (κ2) is 9.01. The number of aromatic nitrogens is 3. The van der Waals surface area contributed by atoms with Gasteiger partial charge in [0.2, 0.25) is 0 Å². The van der Waals surface area contributed by atoms with Gasteiger partial charge in [-0.05, 0) is 42.0 Å². The van der Waals surface area contributed by atoms with Gasteiger partial charge in [0.1, 0.15) is 18.2 Å². The molecule has 3 rings (SSSR count). The van der Waals surface area contributed by atoms with Gasteiger partial charge in [-0.1, -0.05) is 30.0 Å². The van der Waals surface area contributed by atoms with Crippen LogP contribution in [0.4, 0.5) is 4.39 Å². The first-order valence-corrected chi connectivity index (χ1v) is 9.21. The Morgan fingerprint density at radius 1 is 1.15 bits per heavy atom. The molecular weight excluding hydrogens is 363 g/mol. The lowest BCUT2D eigenvalue weighted by molar-refractivity contribution is 0.288. The molecule has 136 valence electrons. The zero-order valence-electron chi connectivity index (χ0n) is 14.5. The Morgan fingerprint density at radius 3 is 2.56 bits per heavy atom. The van der Waals surface area contributed by atoms with Gasteiger partial charge >= 0.3 is 0 Å². The maximum Gasteiger partial charge on any atom is 0.191 e. The summed E-state index contributed by atoms with van der Waals surface area (Å²) in [7, 11) is 0. The van der Waals surface area contributed by atoms with Gasteiger partial charge in [0.05, 0.1) is 11.6 Å². The van der Waals surface area contributed by atoms with Crippen molar-refractivity contribution in [3.63, 3.8) is 0 Å². The zero-order valence-corrected chi connectivity index (χ0v) is 15.3. The molecule has 2 aromatic carbocycles. The lowest BCUT2D eigenvalue weighted by Crippen LogP contribution is -2.07. The lowest BCUT2D eigenvalue weighted by atomic mass is 10.2. The highest BCUT2D eigenvalue weighted by Gasteiger charge is 2.12. The highest BCUT2D eigenvalue weighted by atomic mass is 32.2. The average Bonchev–Trinajstić information content (AvgIpc) is 3.08. The number of hydrogen-bond acceptors (Lipinski definition) is 5. The van der Waals surface area contributed by atoms with E-state index in [1.54, 1.807) is 42.1 Å². The van der Waals surface area contributed by atoms with Crippen LogP contribution in [-0.4, -0.2) is 14.8 Å². The number of ether oxygens (including phenoxy) is 1. The number of hydrogen-bond donors (Lipinski definition) is 0. The highest BCUT2D eigenvalue weighted by molar-refractivity contribution is 7.98. The molecule has 0 unspecified atom stereocenters. The molecule has 0 aliphatic rings. The standard InChI is InChI=1S/C20H17FN4OS/c1-2-11-25-19(13-26-18-9-7-17(21)8-10-18)23-24-20(25)27-14-16-5-3-15(12-22)4-6-16/h2-10H,1,11,13-14H2. The molecule has 0 aliphatic heterocycles. The second-order valence-electron chi connectivity index (χ2n) is 5.64. The molecule has 0 N–H and O–H groups in total. The Balaban J connectivity index is 1.67. The molecule has 0 amide bonds. The number of thioether (sulfide) groups is 1. The minimum absolute atomic E-state index is 0.226. The van der Waals surface area contributed by atoms with Crippen molar-refractivity contribution >= 4 is 11.8 Å². The van der Waals surface area contributed by atoms with Crippen LogP contribution < -0.4 is 4.74 Å². The normalized spacial score (nSPS) is 10.4. The molecule has 0 radical (unpaired) electrons. The largest absolute Gasteiger partial charge is 0.486 e. The summed E-state index contributed by atoms with van der Waals surface area (Å²) in [5.41, 5.74) is 1.73. The van der Waals surface area contributed by atoms with E-state index in [1.807, 2.05) is 16.7 Å². The highest BCUT2D eigenvalue weighted by Crippen LogP contribution is 2.23. The summed E-state index contributed by atoms with van der Waals surface area (Å²) in [5.74, 6) is 1.64. The van der Waals surface area contributed by atoms with Crippen molar-refractivity contribution in [3.05, 3.63) is 84.0 Å². The molecular formula is C20H17FN4OS. The van der Waals surface area contributed by atoms with Crippen LogP contribution in [0.2, 0.25) is 0 Å². The predicted molar refractivity (Wildman–Crippen MR) is 102 cm³/mol. The summed E-state index contributed by atoms with van der Waals surface area (Å²) in [4.78, 5) is 0. The SMILES string of the molecule is C=CCn1c(COc2ccc(F)cc2)nnc1SCc1ccc(C#N)cc1. The van der Waals surface area contributed by atoms with Gasteiger partial charge in [-0.3, -0.25) is 4.57 Å². The molecule has 0 saturated carbocycles. The third-order valence-corrected chi connectivity index (χ3v) is 4.78. The van der Waals surface area contributed by atoms with Crippen LogP contribution in [0.1, 0.15) is 17.0 Å². The molecule has 1 heterocycles. The molecule has 5 nitrogen and oxygen atoms in total. The zero-order chi connectivity index (χ0) is 19.1. The van der Waals surface area contributed by atoms with Crippen LogP contribution in [0.25, 0.3) is 0 Å². The van der Waals surface area contributed by atoms with Crippen molar-refractivity contribution < 1.29 is 9.13 Å². The Bertz CT molecular complexity index is 946. The van der Waals surface area contributed by atoms with Crippen LogP contribution in [-0.2, 0) is 18.9 Å². The van der Waals surface area contributed by atoms with Crippen molar-refractivity contribution in [3.8, 4) is 11.8 Å². The van der Waals surface area contributed by atoms with E-state index in [-0.39, 0.29) is 12.4 Å². The van der Waals surface area contributed by atoms with Crippen LogP contribution in [0.5, 0.6) is 5.75 Å². The fourth-order valence-corrected chi connectivity index (χ4v) is 3.27. The first-order chi connectivity index (χ1) is 13.2. The van der Waals surface area contributed by atoms with E-state index >= 15 is 0 Å². The Hall–Kier alpha value is -3.11. The molecule has 0 bridgehead atoms. The number of allylic oxidation sites excluding steroid dienone is 1. The number of nitrogens with zero attached hydrogens (tertiary/aromatic N) is 4. The minimum atomic E-state index is -0.307. The monoisotopic (exact) mass is 380 g/mol. The Labute approximate surface area is 161 Å². The third-order valence-electron chi connectivity index (χ3n) is 3.74. The van der Waals surface area contributed by atoms with Crippen molar-refractivity contribution in [2.45, 2.75) is 24.1 Å². The topological polar surface area (TPSA) is 63.7 Å². The molecule has 0 atom stereocenters. The van der Waals surface area contributed by atoms with E-state index in [0.717, 1.165) is 10.7 Å². The van der Waals surface area contributed by atoms with Crippen LogP contribution >= 0.6 is 11.8 Å². The summed E-state index contributed by atoms with van der Waals surface area (Å²) in [5, 5.41) is 18.1. The fourth-order valence-electron chi connectivity index (χ4n) is 2.35. The van der Waals surface area contributed by atoms with E-state index < -0.39 is 0 Å². The number of halogens is 1. The molecule has 7 heteroatoms. The average molecular weight is 380 g/mol. The maximum absolute atomic E-state index is 13.0. The van der Waals surface area contributed by atoms with E-state index in [0.29, 0.717) is 29.4 Å². The van der Waals surface area contributed by atoms with Crippen LogP contribution in [0, 0.1) is 17.1 Å². The van der Waals surface area contributed by atoms with Gasteiger partial charge in [0.15, 0.2) is 11.0 Å². The first-order valence-electron chi connectivity index (χ1n) is 8.23. The smallest absolute Gasteiger partial charge is 0.191 e. The molecule has 3 aromatic rings. The molecule has 27 heavy (non-hydrogen) atoms. The summed E-state index contributed by atoms with van der Waals surface area (Å²) in [6.45, 7) is 4.57. The van der Waals surface area contributed by atoms with Crippen molar-refractivity contribution in [1.82, 2.24) is 14.8 Å². The van der Waals surface area contributed by atoms with Gasteiger partial charge in [0, 0.05) is 12.3 Å². The summed E-state index contributed by atoms with van der Waals surface area (Å²) in [6.07, 6.45) is 1.77. The number of nitriles is 1. The Kier molecular flexibility index (Phi) is 6.23. The molecule has 0 saturated heterocycles. The fraction of sp³-hybridized carbons (Fsp3) is 0.150. The van der Waals surface area contributed by atoms with Crippen LogP contribution in [0.3, 0.4) is 0 Å². The lowest BCUT2D eigenvalue weighted by Gasteiger charge is -2.09. The Morgan fingerprint density at radius 2 is 1.89 bits per heavy atom. The summed E-state index contributed by atoms with van der Waals surface area (Å²) in [6, 6.07) is 15.4. The quantitative estimate of drug-likeness (QED) is 0.429. The van der Waals surface area contributed by atoms with Gasteiger partial charge in [0.25, 0.3) is 0 Å². The third kappa shape index (κ3) is 4.96. The summed E-state index contributed by atoms with van der Waals surface area (Å²) < 4.78 is 20.6. The van der Waals surface area contributed by atoms with E-state index in [9.17, 15) is 4.39 Å². The molecule has 1 aromatic heterocycles. The van der Waals surface area contributed by atoms with Crippen molar-refractivity contribution in [2.75, 3.05) is 0 Å². The van der Waals surface area contributed by atoms with Crippen LogP contribution in [0.15, 0.2) is 66.3 Å². The van der Waals surface area contributed by atoms with E-state index in [4.69, 9.17) is 10.00 Å². The minimum Gasteiger partial charge on any atom is -0.486 e. The van der Waals surface area contributed by atoms with Crippen molar-refractivity contribution in [1.29, 1.82) is 5.26 Å². The predicted octanol–water partition coefficient (Wildman–Crippen LogP) is 4.35. The molecule has 0 aliphatic carbocycles. The second-order valence-corrected chi connectivity index (χ2v) is 6.58. The van der Waals surface area contributed by atoms with Gasteiger partial charge in [-0.15, -0.1) is 16.8 Å².